The van der Waals surface area contributed by atoms with E-state index in [1.165, 1.54) is 6.33 Å². The minimum Gasteiger partial charge on any atom is -0.462 e. The molecule has 1 aliphatic heterocycles. The highest BCUT2D eigenvalue weighted by molar-refractivity contribution is 6.07. The lowest BCUT2D eigenvalue weighted by Crippen LogP contribution is -2.36. The smallest absolute Gasteiger partial charge is 0.338 e. The number of morpholine rings is 1. The molecule has 2 heterocycles. The maximum absolute atomic E-state index is 13.0. The fourth-order valence-electron chi connectivity index (χ4n) is 4.15. The van der Waals surface area contributed by atoms with E-state index < -0.39 is 5.97 Å². The molecule has 0 spiro atoms. The largest absolute Gasteiger partial charge is 0.462 e. The average Bonchev–Trinajstić information content (AvgIpc) is 2.94. The van der Waals surface area contributed by atoms with Crippen molar-refractivity contribution in [1.82, 2.24) is 9.97 Å². The van der Waals surface area contributed by atoms with Gasteiger partial charge >= 0.3 is 5.97 Å². The number of carbonyl (C=O) groups is 2. The number of esters is 1. The van der Waals surface area contributed by atoms with Crippen LogP contribution in [-0.2, 0) is 9.47 Å². The second-order valence-corrected chi connectivity index (χ2v) is 8.48. The van der Waals surface area contributed by atoms with Crippen molar-refractivity contribution in [2.45, 2.75) is 6.92 Å². The number of amides is 1. The van der Waals surface area contributed by atoms with Crippen molar-refractivity contribution in [3.05, 3.63) is 84.2 Å². The van der Waals surface area contributed by atoms with E-state index in [-0.39, 0.29) is 12.5 Å². The topological polar surface area (TPSA) is 106 Å². The molecule has 2 N–H and O–H groups in total. The van der Waals surface area contributed by atoms with Crippen molar-refractivity contribution in [2.75, 3.05) is 48.4 Å². The molecule has 3 aromatic carbocycles. The maximum atomic E-state index is 13.0. The first-order valence-electron chi connectivity index (χ1n) is 12.1. The van der Waals surface area contributed by atoms with E-state index in [0.717, 1.165) is 37.7 Å². The van der Waals surface area contributed by atoms with Crippen LogP contribution >= 0.6 is 0 Å². The Balaban J connectivity index is 1.34. The normalized spacial score (nSPS) is 13.3. The number of hydrogen-bond donors (Lipinski definition) is 2. The summed E-state index contributed by atoms with van der Waals surface area (Å²) in [5, 5.41) is 6.91. The summed E-state index contributed by atoms with van der Waals surface area (Å²) < 4.78 is 10.5. The molecule has 1 aromatic heterocycles. The third-order valence-corrected chi connectivity index (χ3v) is 6.04. The molecule has 1 aliphatic rings. The van der Waals surface area contributed by atoms with Crippen LogP contribution in [0.1, 0.15) is 27.6 Å². The molecule has 188 valence electrons. The monoisotopic (exact) mass is 497 g/mol. The number of ether oxygens (including phenoxy) is 2. The first kappa shape index (κ1) is 24.2. The third-order valence-electron chi connectivity index (χ3n) is 6.04. The van der Waals surface area contributed by atoms with Crippen LogP contribution in [0.15, 0.2) is 73.1 Å². The maximum Gasteiger partial charge on any atom is 0.338 e. The zero-order valence-electron chi connectivity index (χ0n) is 20.4. The van der Waals surface area contributed by atoms with Crippen molar-refractivity contribution in [2.24, 2.45) is 0 Å². The van der Waals surface area contributed by atoms with E-state index >= 15 is 0 Å². The quantitative estimate of drug-likeness (QED) is 0.356. The minimum absolute atomic E-state index is 0.281. The first-order valence-corrected chi connectivity index (χ1v) is 12.1. The summed E-state index contributed by atoms with van der Waals surface area (Å²) in [7, 11) is 0. The molecular formula is C28H27N5O4. The summed E-state index contributed by atoms with van der Waals surface area (Å²) in [6, 6.07) is 20.1. The van der Waals surface area contributed by atoms with Gasteiger partial charge in [0, 0.05) is 41.1 Å². The second-order valence-electron chi connectivity index (χ2n) is 8.48. The number of anilines is 4. The van der Waals surface area contributed by atoms with Crippen molar-refractivity contribution >= 4 is 45.7 Å². The fraction of sp³-hybridized carbons (Fsp3) is 0.214. The van der Waals surface area contributed by atoms with Crippen LogP contribution in [0.25, 0.3) is 10.9 Å². The van der Waals surface area contributed by atoms with Gasteiger partial charge in [0.15, 0.2) is 0 Å². The number of aromatic nitrogens is 2. The van der Waals surface area contributed by atoms with Crippen molar-refractivity contribution in [1.29, 1.82) is 0 Å². The zero-order valence-corrected chi connectivity index (χ0v) is 20.4. The van der Waals surface area contributed by atoms with Crippen LogP contribution in [0, 0.1) is 0 Å². The lowest BCUT2D eigenvalue weighted by Gasteiger charge is -2.28. The average molecular weight is 498 g/mol. The van der Waals surface area contributed by atoms with Crippen LogP contribution in [0.3, 0.4) is 0 Å². The van der Waals surface area contributed by atoms with Crippen LogP contribution in [0.2, 0.25) is 0 Å². The molecule has 0 radical (unpaired) electrons. The Hall–Kier alpha value is -4.50. The number of rotatable bonds is 7. The molecular weight excluding hydrogens is 470 g/mol. The second kappa shape index (κ2) is 11.0. The summed E-state index contributed by atoms with van der Waals surface area (Å²) in [6.45, 7) is 5.25. The van der Waals surface area contributed by atoms with E-state index in [0.29, 0.717) is 33.5 Å². The van der Waals surface area contributed by atoms with Crippen molar-refractivity contribution in [3.63, 3.8) is 0 Å². The van der Waals surface area contributed by atoms with Crippen LogP contribution in [0.4, 0.5) is 22.9 Å². The number of nitrogens with one attached hydrogen (secondary N) is 2. The highest BCUT2D eigenvalue weighted by Gasteiger charge is 2.14. The van der Waals surface area contributed by atoms with E-state index in [1.807, 2.05) is 12.1 Å². The van der Waals surface area contributed by atoms with Crippen LogP contribution in [0.5, 0.6) is 0 Å². The molecule has 1 amide bonds. The van der Waals surface area contributed by atoms with E-state index in [4.69, 9.17) is 9.47 Å². The SMILES string of the molecule is CCOC(=O)c1cccc(NC(=O)c2ccc3ncnc(Nc4ccc(N5CCOCC5)cc4)c3c2)c1. The number of nitrogens with zero attached hydrogens (tertiary/aromatic N) is 3. The summed E-state index contributed by atoms with van der Waals surface area (Å²) >= 11 is 0. The Bertz CT molecular complexity index is 1420. The number of benzene rings is 3. The Morgan fingerprint density at radius 1 is 0.946 bits per heavy atom. The summed E-state index contributed by atoms with van der Waals surface area (Å²) in [5.74, 6) is -0.147. The molecule has 37 heavy (non-hydrogen) atoms. The Morgan fingerprint density at radius 3 is 2.54 bits per heavy atom. The van der Waals surface area contributed by atoms with E-state index in [2.05, 4.69) is 37.6 Å². The van der Waals surface area contributed by atoms with Gasteiger partial charge in [0.1, 0.15) is 12.1 Å². The zero-order chi connectivity index (χ0) is 25.6. The van der Waals surface area contributed by atoms with Gasteiger partial charge in [-0.2, -0.15) is 0 Å². The van der Waals surface area contributed by atoms with Crippen molar-refractivity contribution in [3.8, 4) is 0 Å². The number of hydrogen-bond acceptors (Lipinski definition) is 8. The molecule has 4 aromatic rings. The molecule has 0 atom stereocenters. The Labute approximate surface area is 214 Å². The lowest BCUT2D eigenvalue weighted by molar-refractivity contribution is 0.0526. The standard InChI is InChI=1S/C28H27N5O4/c1-2-37-28(35)20-4-3-5-22(16-20)32-27(34)19-6-11-25-24(17-19)26(30-18-29-25)31-21-7-9-23(10-8-21)33-12-14-36-15-13-33/h3-11,16-18H,2,12-15H2,1H3,(H,32,34)(H,29,30,31). The number of fused-ring (bicyclic) bond motifs is 1. The molecule has 5 rings (SSSR count). The van der Waals surface area contributed by atoms with Gasteiger partial charge in [0.05, 0.1) is 30.9 Å². The van der Waals surface area contributed by atoms with Gasteiger partial charge in [-0.1, -0.05) is 6.07 Å². The molecule has 0 bridgehead atoms. The van der Waals surface area contributed by atoms with Gasteiger partial charge < -0.3 is 25.0 Å². The molecule has 9 heteroatoms. The predicted octanol–water partition coefficient (Wildman–Crippen LogP) is 4.64. The molecule has 1 saturated heterocycles. The third kappa shape index (κ3) is 5.68. The molecule has 0 unspecified atom stereocenters. The summed E-state index contributed by atoms with van der Waals surface area (Å²) in [6.07, 6.45) is 1.49. The first-order chi connectivity index (χ1) is 18.1. The van der Waals surface area contributed by atoms with Gasteiger partial charge in [0.25, 0.3) is 5.91 Å². The predicted molar refractivity (Wildman–Crippen MR) is 143 cm³/mol. The fourth-order valence-corrected chi connectivity index (χ4v) is 4.15. The van der Waals surface area contributed by atoms with Gasteiger partial charge in [0.2, 0.25) is 0 Å². The van der Waals surface area contributed by atoms with Crippen LogP contribution < -0.4 is 15.5 Å². The minimum atomic E-state index is -0.435. The molecule has 1 fully saturated rings. The lowest BCUT2D eigenvalue weighted by atomic mass is 10.1. The van der Waals surface area contributed by atoms with Gasteiger partial charge in [-0.3, -0.25) is 4.79 Å². The highest BCUT2D eigenvalue weighted by Crippen LogP contribution is 2.26. The van der Waals surface area contributed by atoms with Crippen LogP contribution in [-0.4, -0.2) is 54.8 Å². The van der Waals surface area contributed by atoms with Gasteiger partial charge in [-0.05, 0) is 67.6 Å². The Morgan fingerprint density at radius 2 is 1.76 bits per heavy atom. The summed E-state index contributed by atoms with van der Waals surface area (Å²) in [5.41, 5.74) is 4.05. The van der Waals surface area contributed by atoms with E-state index in [9.17, 15) is 9.59 Å². The van der Waals surface area contributed by atoms with Gasteiger partial charge in [-0.15, -0.1) is 0 Å². The highest BCUT2D eigenvalue weighted by atomic mass is 16.5. The van der Waals surface area contributed by atoms with E-state index in [1.54, 1.807) is 49.4 Å². The number of carbonyl (C=O) groups excluding carboxylic acids is 2. The molecule has 9 nitrogen and oxygen atoms in total. The summed E-state index contributed by atoms with van der Waals surface area (Å²) in [4.78, 5) is 36.1. The Kier molecular flexibility index (Phi) is 7.23. The molecule has 0 saturated carbocycles. The van der Waals surface area contributed by atoms with Gasteiger partial charge in [-0.25, -0.2) is 14.8 Å². The molecule has 0 aliphatic carbocycles. The van der Waals surface area contributed by atoms with Crippen molar-refractivity contribution < 1.29 is 19.1 Å².